The van der Waals surface area contributed by atoms with Gasteiger partial charge in [0.1, 0.15) is 16.4 Å². The molecule has 0 saturated heterocycles. The molecule has 27 heavy (non-hydrogen) atoms. The molecule has 2 N–H and O–H groups in total. The van der Waals surface area contributed by atoms with Gasteiger partial charge in [0.25, 0.3) is 11.8 Å². The number of amides is 2. The van der Waals surface area contributed by atoms with Crippen LogP contribution >= 0.6 is 38.9 Å². The highest BCUT2D eigenvalue weighted by Gasteiger charge is 2.20. The zero-order chi connectivity index (χ0) is 19.6. The van der Waals surface area contributed by atoms with Gasteiger partial charge < -0.3 is 4.74 Å². The van der Waals surface area contributed by atoms with Crippen LogP contribution in [0.4, 0.5) is 4.39 Å². The van der Waals surface area contributed by atoms with Crippen molar-refractivity contribution in [1.82, 2.24) is 10.9 Å². The van der Waals surface area contributed by atoms with Gasteiger partial charge in [-0.25, -0.2) is 4.39 Å². The molecule has 0 radical (unpaired) electrons. The van der Waals surface area contributed by atoms with Crippen molar-refractivity contribution in [2.45, 2.75) is 13.0 Å². The van der Waals surface area contributed by atoms with Crippen LogP contribution in [0.25, 0.3) is 10.1 Å². The number of halogens is 3. The van der Waals surface area contributed by atoms with Crippen LogP contribution < -0.4 is 15.6 Å². The maximum atomic E-state index is 13.3. The van der Waals surface area contributed by atoms with E-state index in [0.717, 1.165) is 15.8 Å². The summed E-state index contributed by atoms with van der Waals surface area (Å²) in [5, 5.41) is 0.783. The van der Waals surface area contributed by atoms with E-state index in [0.29, 0.717) is 15.8 Å². The van der Waals surface area contributed by atoms with Crippen LogP contribution in [0.3, 0.4) is 0 Å². The van der Waals surface area contributed by atoms with Crippen molar-refractivity contribution in [2.24, 2.45) is 0 Å². The Labute approximate surface area is 171 Å². The van der Waals surface area contributed by atoms with E-state index in [1.54, 1.807) is 25.1 Å². The predicted molar refractivity (Wildman–Crippen MR) is 107 cm³/mol. The lowest BCUT2D eigenvalue weighted by Crippen LogP contribution is -2.47. The van der Waals surface area contributed by atoms with Crippen molar-refractivity contribution in [1.29, 1.82) is 0 Å². The lowest BCUT2D eigenvalue weighted by Gasteiger charge is -2.15. The Balaban J connectivity index is 1.63. The van der Waals surface area contributed by atoms with Gasteiger partial charge in [-0.3, -0.25) is 20.4 Å². The first-order chi connectivity index (χ1) is 12.8. The first kappa shape index (κ1) is 19.6. The Kier molecular flexibility index (Phi) is 5.98. The van der Waals surface area contributed by atoms with E-state index in [1.807, 2.05) is 6.07 Å². The van der Waals surface area contributed by atoms with Gasteiger partial charge in [0.15, 0.2) is 6.10 Å². The fourth-order valence-corrected chi connectivity index (χ4v) is 4.08. The number of ether oxygens (including phenoxy) is 1. The SMILES string of the molecule is CC(Oc1cccc(Br)c1)C(=O)NNC(=O)c1sc2cc(F)ccc2c1Cl. The van der Waals surface area contributed by atoms with E-state index in [4.69, 9.17) is 16.3 Å². The second-order valence-corrected chi connectivity index (χ2v) is 7.89. The van der Waals surface area contributed by atoms with E-state index in [2.05, 4.69) is 26.8 Å². The van der Waals surface area contributed by atoms with Gasteiger partial charge >= 0.3 is 0 Å². The van der Waals surface area contributed by atoms with Crippen LogP contribution in [0.2, 0.25) is 5.02 Å². The number of fused-ring (bicyclic) bond motifs is 1. The summed E-state index contributed by atoms with van der Waals surface area (Å²) in [6, 6.07) is 11.1. The monoisotopic (exact) mass is 470 g/mol. The highest BCUT2D eigenvalue weighted by atomic mass is 79.9. The fourth-order valence-electron chi connectivity index (χ4n) is 2.26. The highest BCUT2D eigenvalue weighted by Crippen LogP contribution is 2.35. The van der Waals surface area contributed by atoms with Crippen molar-refractivity contribution in [2.75, 3.05) is 0 Å². The molecular weight excluding hydrogens is 459 g/mol. The van der Waals surface area contributed by atoms with Crippen molar-refractivity contribution in [3.8, 4) is 5.75 Å². The largest absolute Gasteiger partial charge is 0.481 e. The van der Waals surface area contributed by atoms with Crippen molar-refractivity contribution in [3.05, 3.63) is 62.7 Å². The van der Waals surface area contributed by atoms with Crippen LogP contribution in [-0.2, 0) is 4.79 Å². The average molecular weight is 472 g/mol. The topological polar surface area (TPSA) is 67.4 Å². The van der Waals surface area contributed by atoms with E-state index >= 15 is 0 Å². The minimum Gasteiger partial charge on any atom is -0.481 e. The summed E-state index contributed by atoms with van der Waals surface area (Å²) in [5.41, 5.74) is 4.59. The molecule has 0 aliphatic carbocycles. The molecule has 1 heterocycles. The van der Waals surface area contributed by atoms with E-state index in [1.165, 1.54) is 18.2 Å². The van der Waals surface area contributed by atoms with E-state index < -0.39 is 23.7 Å². The molecule has 1 unspecified atom stereocenters. The molecule has 0 aliphatic heterocycles. The number of hydrogen-bond donors (Lipinski definition) is 2. The standard InChI is InChI=1S/C18H13BrClFN2O3S/c1-9(26-12-4-2-3-10(19)7-12)17(24)22-23-18(25)16-15(20)13-6-5-11(21)8-14(13)27-16/h2-9H,1H3,(H,22,24)(H,23,25). The molecule has 9 heteroatoms. The number of thiophene rings is 1. The van der Waals surface area contributed by atoms with Gasteiger partial charge in [0.05, 0.1) is 5.02 Å². The number of rotatable bonds is 4. The number of carbonyl (C=O) groups is 2. The molecule has 0 spiro atoms. The summed E-state index contributed by atoms with van der Waals surface area (Å²) in [5.74, 6) is -1.04. The Morgan fingerprint density at radius 1 is 1.22 bits per heavy atom. The van der Waals surface area contributed by atoms with E-state index in [9.17, 15) is 14.0 Å². The van der Waals surface area contributed by atoms with Crippen molar-refractivity contribution >= 4 is 60.8 Å². The summed E-state index contributed by atoms with van der Waals surface area (Å²) >= 11 is 10.5. The summed E-state index contributed by atoms with van der Waals surface area (Å²) in [6.07, 6.45) is -0.841. The molecule has 2 aromatic carbocycles. The van der Waals surface area contributed by atoms with Gasteiger partial charge in [-0.05, 0) is 43.3 Å². The molecule has 3 rings (SSSR count). The first-order valence-corrected chi connectivity index (χ1v) is 9.74. The molecule has 0 aliphatic rings. The maximum Gasteiger partial charge on any atom is 0.281 e. The molecule has 140 valence electrons. The third-order valence-electron chi connectivity index (χ3n) is 3.58. The number of hydrogen-bond acceptors (Lipinski definition) is 4. The lowest BCUT2D eigenvalue weighted by atomic mass is 10.2. The van der Waals surface area contributed by atoms with Crippen LogP contribution in [0.15, 0.2) is 46.9 Å². The Morgan fingerprint density at radius 3 is 2.74 bits per heavy atom. The summed E-state index contributed by atoms with van der Waals surface area (Å²) in [6.45, 7) is 1.55. The summed E-state index contributed by atoms with van der Waals surface area (Å²) in [7, 11) is 0. The first-order valence-electron chi connectivity index (χ1n) is 7.75. The van der Waals surface area contributed by atoms with Crippen LogP contribution in [0.1, 0.15) is 16.6 Å². The Bertz CT molecular complexity index is 1030. The zero-order valence-corrected chi connectivity index (χ0v) is 17.0. The van der Waals surface area contributed by atoms with Crippen LogP contribution in [0, 0.1) is 5.82 Å². The normalized spacial score (nSPS) is 11.9. The number of benzene rings is 2. The number of hydrazine groups is 1. The van der Waals surface area contributed by atoms with Crippen LogP contribution in [0.5, 0.6) is 5.75 Å². The van der Waals surface area contributed by atoms with Gasteiger partial charge in [-0.2, -0.15) is 0 Å². The average Bonchev–Trinajstić information content (AvgIpc) is 2.95. The number of carbonyl (C=O) groups excluding carboxylic acids is 2. The smallest absolute Gasteiger partial charge is 0.281 e. The quantitative estimate of drug-likeness (QED) is 0.543. The summed E-state index contributed by atoms with van der Waals surface area (Å²) < 4.78 is 20.2. The molecule has 5 nitrogen and oxygen atoms in total. The molecular formula is C18H13BrClFN2O3S. The molecule has 0 saturated carbocycles. The van der Waals surface area contributed by atoms with Crippen LogP contribution in [-0.4, -0.2) is 17.9 Å². The fraction of sp³-hybridized carbons (Fsp3) is 0.111. The second kappa shape index (κ2) is 8.24. The van der Waals surface area contributed by atoms with Crippen molar-refractivity contribution < 1.29 is 18.7 Å². The third-order valence-corrected chi connectivity index (χ3v) is 5.72. The Hall–Kier alpha value is -2.16. The molecule has 0 bridgehead atoms. The molecule has 0 fully saturated rings. The maximum absolute atomic E-state index is 13.3. The van der Waals surface area contributed by atoms with Gasteiger partial charge in [0, 0.05) is 14.6 Å². The van der Waals surface area contributed by atoms with Gasteiger partial charge in [-0.15, -0.1) is 11.3 Å². The van der Waals surface area contributed by atoms with Gasteiger partial charge in [0.2, 0.25) is 0 Å². The molecule has 3 aromatic rings. The summed E-state index contributed by atoms with van der Waals surface area (Å²) in [4.78, 5) is 24.6. The molecule has 2 amide bonds. The highest BCUT2D eigenvalue weighted by molar-refractivity contribution is 9.10. The molecule has 1 aromatic heterocycles. The number of nitrogens with one attached hydrogen (secondary N) is 2. The second-order valence-electron chi connectivity index (χ2n) is 5.55. The van der Waals surface area contributed by atoms with E-state index in [-0.39, 0.29) is 9.90 Å². The minimum absolute atomic E-state index is 0.179. The van der Waals surface area contributed by atoms with Gasteiger partial charge in [-0.1, -0.05) is 33.6 Å². The third kappa shape index (κ3) is 4.58. The predicted octanol–water partition coefficient (Wildman–Crippen LogP) is 4.68. The molecule has 1 atom stereocenters. The Morgan fingerprint density at radius 2 is 2.00 bits per heavy atom. The lowest BCUT2D eigenvalue weighted by molar-refractivity contribution is -0.128. The van der Waals surface area contributed by atoms with Crippen molar-refractivity contribution in [3.63, 3.8) is 0 Å². The zero-order valence-electron chi connectivity index (χ0n) is 13.9. The minimum atomic E-state index is -0.841.